The Bertz CT molecular complexity index is 70.9. The quantitative estimate of drug-likeness (QED) is 0.372. The molecule has 0 aliphatic heterocycles. The molecule has 2 nitrogen and oxygen atoms in total. The third-order valence-electron chi connectivity index (χ3n) is 2.02. The Morgan fingerprint density at radius 1 is 0.588 bits per heavy atom. The first-order valence-corrected chi connectivity index (χ1v) is 6.05. The Morgan fingerprint density at radius 3 is 1.06 bits per heavy atom. The Morgan fingerprint density at radius 2 is 0.882 bits per heavy atom. The van der Waals surface area contributed by atoms with E-state index in [0.29, 0.717) is 13.2 Å². The SMILES string of the molecule is CCCCCCO.CCCCCCO.[Cl-].[Cl-].[Ti]. The van der Waals surface area contributed by atoms with Crippen LogP contribution in [0.4, 0.5) is 0 Å². The largest absolute Gasteiger partial charge is 1.00 e. The summed E-state index contributed by atoms with van der Waals surface area (Å²) in [5, 5.41) is 16.6. The van der Waals surface area contributed by atoms with E-state index in [-0.39, 0.29) is 46.5 Å². The van der Waals surface area contributed by atoms with Gasteiger partial charge in [-0.3, -0.25) is 0 Å². The van der Waals surface area contributed by atoms with Gasteiger partial charge in [0.05, 0.1) is 0 Å². The van der Waals surface area contributed by atoms with Crippen molar-refractivity contribution in [3.8, 4) is 0 Å². The van der Waals surface area contributed by atoms with Gasteiger partial charge in [0.2, 0.25) is 0 Å². The average Bonchev–Trinajstić information content (AvgIpc) is 2.21. The van der Waals surface area contributed by atoms with Gasteiger partial charge in [-0.15, -0.1) is 0 Å². The standard InChI is InChI=1S/2C6H14O.2ClH.Ti/c2*1-2-3-4-5-6-7;;;/h2*7H,2-6H2,1H3;2*1H;/p-2. The van der Waals surface area contributed by atoms with Gasteiger partial charge in [0, 0.05) is 34.9 Å². The maximum atomic E-state index is 8.29. The first kappa shape index (κ1) is 30.9. The normalized spacial score (nSPS) is 7.76. The molecule has 0 rings (SSSR count). The summed E-state index contributed by atoms with van der Waals surface area (Å²) < 4.78 is 0. The van der Waals surface area contributed by atoms with Gasteiger partial charge >= 0.3 is 0 Å². The number of aliphatic hydroxyl groups excluding tert-OH is 2. The molecule has 0 aromatic heterocycles. The zero-order chi connectivity index (χ0) is 11.1. The van der Waals surface area contributed by atoms with Crippen molar-refractivity contribution in [2.45, 2.75) is 65.2 Å². The van der Waals surface area contributed by atoms with E-state index < -0.39 is 0 Å². The van der Waals surface area contributed by atoms with E-state index in [9.17, 15) is 0 Å². The fourth-order valence-electron chi connectivity index (χ4n) is 1.08. The zero-order valence-electron chi connectivity index (χ0n) is 11.2. The minimum absolute atomic E-state index is 0. The van der Waals surface area contributed by atoms with Crippen LogP contribution in [0.5, 0.6) is 0 Å². The third kappa shape index (κ3) is 46.9. The van der Waals surface area contributed by atoms with Crippen molar-refractivity contribution >= 4 is 0 Å². The van der Waals surface area contributed by atoms with E-state index in [2.05, 4.69) is 13.8 Å². The molecule has 0 aromatic carbocycles. The molecule has 0 unspecified atom stereocenters. The summed E-state index contributed by atoms with van der Waals surface area (Å²) in [6.45, 7) is 5.05. The summed E-state index contributed by atoms with van der Waals surface area (Å²) in [5.41, 5.74) is 0. The van der Waals surface area contributed by atoms with Gasteiger partial charge in [-0.25, -0.2) is 0 Å². The van der Waals surface area contributed by atoms with Crippen LogP contribution in [0.1, 0.15) is 65.2 Å². The number of rotatable bonds is 8. The molecule has 0 heterocycles. The van der Waals surface area contributed by atoms with Gasteiger partial charge in [0.1, 0.15) is 0 Å². The van der Waals surface area contributed by atoms with E-state index in [1.54, 1.807) is 0 Å². The van der Waals surface area contributed by atoms with E-state index in [4.69, 9.17) is 10.2 Å². The molecule has 0 spiro atoms. The molecule has 0 radical (unpaired) electrons. The maximum Gasteiger partial charge on any atom is 0.0431 e. The number of aliphatic hydroxyl groups is 2. The van der Waals surface area contributed by atoms with E-state index in [1.165, 1.54) is 38.5 Å². The average molecular weight is 323 g/mol. The zero-order valence-corrected chi connectivity index (χ0v) is 14.3. The second-order valence-corrected chi connectivity index (χ2v) is 3.57. The molecular weight excluding hydrogens is 295 g/mol. The molecule has 5 heteroatoms. The number of hydrogen-bond acceptors (Lipinski definition) is 2. The van der Waals surface area contributed by atoms with E-state index in [0.717, 1.165) is 12.8 Å². The van der Waals surface area contributed by atoms with Crippen LogP contribution in [0.25, 0.3) is 0 Å². The summed E-state index contributed by atoms with van der Waals surface area (Å²) in [4.78, 5) is 0. The summed E-state index contributed by atoms with van der Waals surface area (Å²) in [6, 6.07) is 0. The van der Waals surface area contributed by atoms with Crippen LogP contribution in [0.3, 0.4) is 0 Å². The van der Waals surface area contributed by atoms with Gasteiger partial charge in [0.25, 0.3) is 0 Å². The van der Waals surface area contributed by atoms with Gasteiger partial charge in [-0.05, 0) is 12.8 Å². The summed E-state index contributed by atoms with van der Waals surface area (Å²) >= 11 is 0. The Kier molecular flexibility index (Phi) is 65.4. The fourth-order valence-corrected chi connectivity index (χ4v) is 1.08. The molecule has 0 amide bonds. The molecule has 0 bridgehead atoms. The summed E-state index contributed by atoms with van der Waals surface area (Å²) in [6.07, 6.45) is 9.36. The fraction of sp³-hybridized carbons (Fsp3) is 1.00. The predicted octanol–water partition coefficient (Wildman–Crippen LogP) is -2.88. The minimum Gasteiger partial charge on any atom is -1.00 e. The van der Waals surface area contributed by atoms with E-state index in [1.807, 2.05) is 0 Å². The first-order valence-electron chi connectivity index (χ1n) is 6.05. The molecular formula is C12H28Cl2O2Ti-2. The third-order valence-corrected chi connectivity index (χ3v) is 2.02. The number of halogens is 2. The van der Waals surface area contributed by atoms with Crippen LogP contribution in [-0.2, 0) is 21.7 Å². The van der Waals surface area contributed by atoms with Crippen molar-refractivity contribution in [1.29, 1.82) is 0 Å². The number of hydrogen-bond donors (Lipinski definition) is 2. The molecule has 0 aromatic rings. The number of unbranched alkanes of at least 4 members (excludes halogenated alkanes) is 6. The van der Waals surface area contributed by atoms with Gasteiger partial charge in [0.15, 0.2) is 0 Å². The van der Waals surface area contributed by atoms with Crippen molar-refractivity contribution in [1.82, 2.24) is 0 Å². The molecule has 0 saturated carbocycles. The maximum absolute atomic E-state index is 8.29. The van der Waals surface area contributed by atoms with Crippen LogP contribution in [-0.4, -0.2) is 23.4 Å². The molecule has 17 heavy (non-hydrogen) atoms. The summed E-state index contributed by atoms with van der Waals surface area (Å²) in [7, 11) is 0. The minimum atomic E-state index is 0. The Hall–Kier alpha value is 1.21. The topological polar surface area (TPSA) is 40.5 Å². The van der Waals surface area contributed by atoms with Gasteiger partial charge in [-0.1, -0.05) is 52.4 Å². The van der Waals surface area contributed by atoms with E-state index >= 15 is 0 Å². The van der Waals surface area contributed by atoms with Crippen molar-refractivity contribution in [2.75, 3.05) is 13.2 Å². The van der Waals surface area contributed by atoms with Crippen LogP contribution in [0.15, 0.2) is 0 Å². The van der Waals surface area contributed by atoms with Gasteiger partial charge in [-0.2, -0.15) is 0 Å². The molecule has 0 saturated heterocycles. The van der Waals surface area contributed by atoms with Crippen LogP contribution < -0.4 is 24.8 Å². The van der Waals surface area contributed by atoms with Crippen molar-refractivity contribution in [2.24, 2.45) is 0 Å². The second kappa shape index (κ2) is 36.0. The molecule has 0 atom stereocenters. The monoisotopic (exact) mass is 322 g/mol. The molecule has 0 fully saturated rings. The summed E-state index contributed by atoms with van der Waals surface area (Å²) in [5.74, 6) is 0. The predicted molar refractivity (Wildman–Crippen MR) is 62.5 cm³/mol. The van der Waals surface area contributed by atoms with Crippen LogP contribution in [0.2, 0.25) is 0 Å². The van der Waals surface area contributed by atoms with Gasteiger partial charge < -0.3 is 35.0 Å². The van der Waals surface area contributed by atoms with Crippen molar-refractivity contribution in [3.63, 3.8) is 0 Å². The van der Waals surface area contributed by atoms with Crippen LogP contribution >= 0.6 is 0 Å². The molecule has 0 aliphatic rings. The molecule has 0 aliphatic carbocycles. The van der Waals surface area contributed by atoms with Crippen molar-refractivity contribution in [3.05, 3.63) is 0 Å². The first-order chi connectivity index (χ1) is 6.83. The Balaban J connectivity index is -0.0000000480. The smallest absolute Gasteiger partial charge is 0.0431 e. The molecule has 108 valence electrons. The van der Waals surface area contributed by atoms with Crippen LogP contribution in [0, 0.1) is 0 Å². The van der Waals surface area contributed by atoms with Crippen molar-refractivity contribution < 1.29 is 56.7 Å². The Labute approximate surface area is 135 Å². The molecule has 2 N–H and O–H groups in total. The second-order valence-electron chi connectivity index (χ2n) is 3.57.